The number of carbonyl (C=O) groups is 2. The zero-order valence-electron chi connectivity index (χ0n) is 15.9. The second-order valence-corrected chi connectivity index (χ2v) is 6.56. The molecule has 7 nitrogen and oxygen atoms in total. The van der Waals surface area contributed by atoms with E-state index in [-0.39, 0.29) is 24.5 Å². The van der Waals surface area contributed by atoms with Gasteiger partial charge in [-0.05, 0) is 49.2 Å². The SMILES string of the molecule is COc1cccc(NC(=O)CNc2ccc(C(=O)NCC3CCCO3)cc2)c1. The van der Waals surface area contributed by atoms with Gasteiger partial charge in [0, 0.05) is 36.2 Å². The first kappa shape index (κ1) is 19.7. The number of carbonyl (C=O) groups excluding carboxylic acids is 2. The average Bonchev–Trinajstić information content (AvgIpc) is 3.24. The Morgan fingerprint density at radius 3 is 2.68 bits per heavy atom. The number of rotatable bonds is 8. The molecule has 148 valence electrons. The van der Waals surface area contributed by atoms with Crippen LogP contribution in [0.1, 0.15) is 23.2 Å². The predicted octanol–water partition coefficient (Wildman–Crippen LogP) is 2.65. The van der Waals surface area contributed by atoms with Crippen LogP contribution >= 0.6 is 0 Å². The fourth-order valence-electron chi connectivity index (χ4n) is 2.94. The highest BCUT2D eigenvalue weighted by Crippen LogP contribution is 2.17. The van der Waals surface area contributed by atoms with Gasteiger partial charge in [-0.25, -0.2) is 0 Å². The summed E-state index contributed by atoms with van der Waals surface area (Å²) in [6.07, 6.45) is 2.15. The lowest BCUT2D eigenvalue weighted by Crippen LogP contribution is -2.31. The molecule has 0 radical (unpaired) electrons. The number of hydrogen-bond acceptors (Lipinski definition) is 5. The molecule has 2 amide bonds. The van der Waals surface area contributed by atoms with Gasteiger partial charge in [0.15, 0.2) is 0 Å². The number of benzene rings is 2. The predicted molar refractivity (Wildman–Crippen MR) is 108 cm³/mol. The van der Waals surface area contributed by atoms with Gasteiger partial charge in [-0.2, -0.15) is 0 Å². The average molecular weight is 383 g/mol. The Bertz CT molecular complexity index is 802. The first-order valence-corrected chi connectivity index (χ1v) is 9.31. The summed E-state index contributed by atoms with van der Waals surface area (Å²) in [6.45, 7) is 1.41. The van der Waals surface area contributed by atoms with Crippen molar-refractivity contribution in [2.75, 3.05) is 37.4 Å². The van der Waals surface area contributed by atoms with Gasteiger partial charge in [0.25, 0.3) is 5.91 Å². The van der Waals surface area contributed by atoms with Gasteiger partial charge < -0.3 is 25.4 Å². The van der Waals surface area contributed by atoms with Crippen molar-refractivity contribution in [1.29, 1.82) is 0 Å². The van der Waals surface area contributed by atoms with Gasteiger partial charge in [-0.15, -0.1) is 0 Å². The summed E-state index contributed by atoms with van der Waals surface area (Å²) in [5, 5.41) is 8.73. The number of hydrogen-bond donors (Lipinski definition) is 3. The summed E-state index contributed by atoms with van der Waals surface area (Å²) in [4.78, 5) is 24.3. The Labute approximate surface area is 164 Å². The standard InChI is InChI=1S/C21H25N3O4/c1-27-18-5-2-4-17(12-18)24-20(25)14-22-16-9-7-15(8-10-16)21(26)23-13-19-6-3-11-28-19/h2,4-5,7-10,12,19,22H,3,6,11,13-14H2,1H3,(H,23,26)(H,24,25). The molecule has 0 aromatic heterocycles. The van der Waals surface area contributed by atoms with E-state index < -0.39 is 0 Å². The molecule has 1 aliphatic rings. The molecule has 1 heterocycles. The molecular formula is C21H25N3O4. The van der Waals surface area contributed by atoms with Gasteiger partial charge >= 0.3 is 0 Å². The third-order valence-corrected chi connectivity index (χ3v) is 4.47. The number of ether oxygens (including phenoxy) is 2. The largest absolute Gasteiger partial charge is 0.497 e. The van der Waals surface area contributed by atoms with E-state index >= 15 is 0 Å². The van der Waals surface area contributed by atoms with Gasteiger partial charge in [-0.1, -0.05) is 6.07 Å². The summed E-state index contributed by atoms with van der Waals surface area (Å²) in [7, 11) is 1.58. The summed E-state index contributed by atoms with van der Waals surface area (Å²) in [6, 6.07) is 14.2. The Morgan fingerprint density at radius 2 is 1.96 bits per heavy atom. The summed E-state index contributed by atoms with van der Waals surface area (Å²) >= 11 is 0. The van der Waals surface area contributed by atoms with Crippen LogP contribution in [0.3, 0.4) is 0 Å². The van der Waals surface area contributed by atoms with Crippen molar-refractivity contribution >= 4 is 23.2 Å². The van der Waals surface area contributed by atoms with Crippen LogP contribution in [0.25, 0.3) is 0 Å². The van der Waals surface area contributed by atoms with E-state index in [1.54, 1.807) is 43.5 Å². The van der Waals surface area contributed by atoms with Gasteiger partial charge in [0.2, 0.25) is 5.91 Å². The minimum atomic E-state index is -0.174. The van der Waals surface area contributed by atoms with Crippen LogP contribution in [0.4, 0.5) is 11.4 Å². The van der Waals surface area contributed by atoms with Crippen molar-refractivity contribution in [2.45, 2.75) is 18.9 Å². The van der Waals surface area contributed by atoms with Crippen LogP contribution in [0.5, 0.6) is 5.75 Å². The first-order chi connectivity index (χ1) is 13.6. The Kier molecular flexibility index (Phi) is 6.86. The van der Waals surface area contributed by atoms with E-state index in [0.29, 0.717) is 23.5 Å². The molecule has 7 heteroatoms. The fourth-order valence-corrected chi connectivity index (χ4v) is 2.94. The van der Waals surface area contributed by atoms with Crippen LogP contribution in [-0.4, -0.2) is 44.7 Å². The molecule has 1 unspecified atom stereocenters. The molecule has 28 heavy (non-hydrogen) atoms. The molecule has 0 aliphatic carbocycles. The van der Waals surface area contributed by atoms with E-state index in [1.165, 1.54) is 0 Å². The fraction of sp³-hybridized carbons (Fsp3) is 0.333. The molecule has 0 bridgehead atoms. The minimum absolute atomic E-state index is 0.113. The lowest BCUT2D eigenvalue weighted by molar-refractivity contribution is -0.114. The maximum absolute atomic E-state index is 12.2. The van der Waals surface area contributed by atoms with Crippen molar-refractivity contribution in [3.05, 3.63) is 54.1 Å². The molecule has 2 aromatic carbocycles. The smallest absolute Gasteiger partial charge is 0.251 e. The van der Waals surface area contributed by atoms with Gasteiger partial charge in [0.1, 0.15) is 5.75 Å². The van der Waals surface area contributed by atoms with Gasteiger partial charge in [0.05, 0.1) is 19.8 Å². The summed E-state index contributed by atoms with van der Waals surface area (Å²) < 4.78 is 10.6. The number of anilines is 2. The normalized spacial score (nSPS) is 15.7. The van der Waals surface area contributed by atoms with Crippen LogP contribution < -0.4 is 20.7 Å². The number of methoxy groups -OCH3 is 1. The topological polar surface area (TPSA) is 88.7 Å². The Morgan fingerprint density at radius 1 is 1.14 bits per heavy atom. The molecule has 1 atom stereocenters. The lowest BCUT2D eigenvalue weighted by Gasteiger charge is -2.11. The Hall–Kier alpha value is -3.06. The van der Waals surface area contributed by atoms with Crippen LogP contribution in [0.2, 0.25) is 0 Å². The highest BCUT2D eigenvalue weighted by Gasteiger charge is 2.16. The molecular weight excluding hydrogens is 358 g/mol. The summed E-state index contributed by atoms with van der Waals surface area (Å²) in [5.74, 6) is 0.378. The minimum Gasteiger partial charge on any atom is -0.497 e. The second-order valence-electron chi connectivity index (χ2n) is 6.56. The Balaban J connectivity index is 1.44. The molecule has 0 spiro atoms. The van der Waals surface area contributed by atoms with E-state index in [0.717, 1.165) is 25.1 Å². The second kappa shape index (κ2) is 9.75. The van der Waals surface area contributed by atoms with E-state index in [2.05, 4.69) is 16.0 Å². The zero-order chi connectivity index (χ0) is 19.8. The number of nitrogens with one attached hydrogen (secondary N) is 3. The third kappa shape index (κ3) is 5.72. The van der Waals surface area contributed by atoms with Crippen LogP contribution in [0, 0.1) is 0 Å². The molecule has 1 saturated heterocycles. The number of amides is 2. The highest BCUT2D eigenvalue weighted by atomic mass is 16.5. The zero-order valence-corrected chi connectivity index (χ0v) is 15.9. The van der Waals surface area contributed by atoms with Crippen molar-refractivity contribution < 1.29 is 19.1 Å². The van der Waals surface area contributed by atoms with E-state index in [4.69, 9.17) is 9.47 Å². The first-order valence-electron chi connectivity index (χ1n) is 9.31. The molecule has 1 fully saturated rings. The van der Waals surface area contributed by atoms with E-state index in [1.807, 2.05) is 12.1 Å². The molecule has 3 N–H and O–H groups in total. The quantitative estimate of drug-likeness (QED) is 0.652. The molecule has 2 aromatic rings. The van der Waals surface area contributed by atoms with Crippen molar-refractivity contribution in [3.63, 3.8) is 0 Å². The molecule has 1 aliphatic heterocycles. The van der Waals surface area contributed by atoms with Crippen molar-refractivity contribution in [3.8, 4) is 5.75 Å². The monoisotopic (exact) mass is 383 g/mol. The third-order valence-electron chi connectivity index (χ3n) is 4.47. The molecule has 0 saturated carbocycles. The van der Waals surface area contributed by atoms with Crippen LogP contribution in [-0.2, 0) is 9.53 Å². The summed E-state index contributed by atoms with van der Waals surface area (Å²) in [5.41, 5.74) is 2.00. The maximum atomic E-state index is 12.2. The lowest BCUT2D eigenvalue weighted by atomic mass is 10.2. The van der Waals surface area contributed by atoms with E-state index in [9.17, 15) is 9.59 Å². The highest BCUT2D eigenvalue weighted by molar-refractivity contribution is 5.95. The van der Waals surface area contributed by atoms with Crippen molar-refractivity contribution in [2.24, 2.45) is 0 Å². The van der Waals surface area contributed by atoms with Crippen LogP contribution in [0.15, 0.2) is 48.5 Å². The van der Waals surface area contributed by atoms with Gasteiger partial charge in [-0.3, -0.25) is 9.59 Å². The maximum Gasteiger partial charge on any atom is 0.251 e. The molecule has 3 rings (SSSR count). The van der Waals surface area contributed by atoms with Crippen molar-refractivity contribution in [1.82, 2.24) is 5.32 Å².